The summed E-state index contributed by atoms with van der Waals surface area (Å²) in [5, 5.41) is 21.9. The monoisotopic (exact) mass is 1340 g/mol. The van der Waals surface area contributed by atoms with E-state index in [-0.39, 0.29) is 92.5 Å². The van der Waals surface area contributed by atoms with Crippen LogP contribution in [0.1, 0.15) is 125 Å². The van der Waals surface area contributed by atoms with E-state index in [0.717, 1.165) is 21.6 Å². The lowest BCUT2D eigenvalue weighted by molar-refractivity contribution is -0.148. The Labute approximate surface area is 565 Å². The van der Waals surface area contributed by atoms with Gasteiger partial charge in [0.1, 0.15) is 41.2 Å². The number of aryl methyl sites for hydroxylation is 1. The van der Waals surface area contributed by atoms with Gasteiger partial charge in [0.2, 0.25) is 47.3 Å². The molecule has 3 heterocycles. The van der Waals surface area contributed by atoms with Crippen LogP contribution < -0.4 is 43.0 Å². The Morgan fingerprint density at radius 2 is 1.40 bits per heavy atom. The molecule has 0 aliphatic carbocycles. The summed E-state index contributed by atoms with van der Waals surface area (Å²) in [6.45, 7) is 18.2. The first-order valence-electron chi connectivity index (χ1n) is 33.2. The molecule has 2 aromatic heterocycles. The number of thioether (sulfide) groups is 1. The van der Waals surface area contributed by atoms with Gasteiger partial charge >= 0.3 is 6.03 Å². The van der Waals surface area contributed by atoms with Crippen molar-refractivity contribution in [2.24, 2.45) is 35.3 Å². The molecule has 11 atom stereocenters. The summed E-state index contributed by atoms with van der Waals surface area (Å²) in [4.78, 5) is 138. The third-order valence-corrected chi connectivity index (χ3v) is 18.6. The zero-order valence-electron chi connectivity index (χ0n) is 58.4. The Morgan fingerprint density at radius 1 is 0.726 bits per heavy atom. The van der Waals surface area contributed by atoms with Crippen molar-refractivity contribution in [3.63, 3.8) is 0 Å². The minimum absolute atomic E-state index is 0.00182. The number of nitrogens with one attached hydrogen (secondary N) is 7. The molecule has 524 valence electrons. The normalized spacial score (nSPS) is 16.4. The van der Waals surface area contributed by atoms with Gasteiger partial charge in [0.05, 0.1) is 48.1 Å². The van der Waals surface area contributed by atoms with E-state index in [1.54, 1.807) is 61.9 Å². The Balaban J connectivity index is 1.22. The van der Waals surface area contributed by atoms with Crippen LogP contribution in [-0.4, -0.2) is 192 Å². The fraction of sp³-hybridized carbons (Fsp3) is 0.609. The minimum Gasteiger partial charge on any atom is -0.379 e. The number of primary amides is 1. The highest BCUT2D eigenvalue weighted by atomic mass is 32.2. The van der Waals surface area contributed by atoms with E-state index in [2.05, 4.69) is 47.2 Å². The number of benzene rings is 2. The Morgan fingerprint density at radius 3 is 2.00 bits per heavy atom. The lowest BCUT2D eigenvalue weighted by Crippen LogP contribution is -2.59. The number of hydrogen-bond acceptors (Lipinski definition) is 15. The highest BCUT2D eigenvalue weighted by Gasteiger charge is 2.44. The molecule has 25 nitrogen and oxygen atoms in total. The number of urea groups is 1. The number of hydrogen-bond donors (Lipinski definition) is 8. The number of carbonyl (C=O) groups excluding carboxylic acids is 9. The summed E-state index contributed by atoms with van der Waals surface area (Å²) in [7, 11) is 8.43. The molecule has 1 aliphatic rings. The average molecular weight is 1340 g/mol. The van der Waals surface area contributed by atoms with Crippen LogP contribution in [0.3, 0.4) is 0 Å². The Hall–Kier alpha value is -7.68. The zero-order chi connectivity index (χ0) is 70.2. The molecule has 10 amide bonds. The smallest absolute Gasteiger partial charge is 0.312 e. The van der Waals surface area contributed by atoms with Crippen LogP contribution in [0.4, 0.5) is 10.5 Å². The molecule has 26 heteroatoms. The number of nitrogens with two attached hydrogens (primary N) is 1. The number of aromatic nitrogens is 3. The van der Waals surface area contributed by atoms with Crippen molar-refractivity contribution in [2.45, 2.75) is 193 Å². The number of ether oxygens (including phenoxy) is 2. The van der Waals surface area contributed by atoms with Crippen molar-refractivity contribution in [2.75, 3.05) is 60.0 Å². The molecule has 0 radical (unpaired) electrons. The lowest BCUT2D eigenvalue weighted by atomic mass is 9.89. The van der Waals surface area contributed by atoms with E-state index in [9.17, 15) is 43.2 Å². The quantitative estimate of drug-likeness (QED) is 0.0153. The summed E-state index contributed by atoms with van der Waals surface area (Å²) in [5.74, 6) is -4.56. The van der Waals surface area contributed by atoms with Crippen molar-refractivity contribution < 1.29 is 52.6 Å². The third-order valence-electron chi connectivity index (χ3n) is 17.9. The minimum atomic E-state index is -1.07. The van der Waals surface area contributed by atoms with Gasteiger partial charge in [-0.1, -0.05) is 111 Å². The average Bonchev–Trinajstić information content (AvgIpc) is 1.82. The first kappa shape index (κ1) is 78.0. The summed E-state index contributed by atoms with van der Waals surface area (Å²) >= 11 is 1.52. The maximum absolute atomic E-state index is 14.6. The largest absolute Gasteiger partial charge is 0.379 e. The number of rotatable bonds is 38. The van der Waals surface area contributed by atoms with E-state index in [0.29, 0.717) is 50.0 Å². The number of nitrogens with zero attached hydrogens (tertiary/aromatic N) is 6. The van der Waals surface area contributed by atoms with Crippen LogP contribution in [0, 0.1) is 29.6 Å². The molecule has 0 spiro atoms. The Kier molecular flexibility index (Phi) is 31.3. The van der Waals surface area contributed by atoms with Gasteiger partial charge in [-0.15, -0.1) is 11.8 Å². The van der Waals surface area contributed by atoms with Crippen molar-refractivity contribution in [1.82, 2.24) is 61.1 Å². The lowest BCUT2D eigenvalue weighted by Gasteiger charge is -2.41. The van der Waals surface area contributed by atoms with Gasteiger partial charge in [0, 0.05) is 72.2 Å². The van der Waals surface area contributed by atoms with Gasteiger partial charge in [-0.25, -0.2) is 14.8 Å². The van der Waals surface area contributed by atoms with Gasteiger partial charge in [-0.2, -0.15) is 0 Å². The SMILES string of the molecule is CC[C@H](C)[C@@H]([C@@H](CC(=O)N1CCC[C@H]1[C@H](OC)[C@@H](C)C(=O)N[C@@H](Cc1ccccc1)C(=O)NCc1ccc(NC(=O)[C@H](CCCNC(N)=O)NC(=O)[C@@H](NC(=O)CCCn2ccc3c(SC)ncnc32)C(C)C)cc1)OC)N(C)C(=O)[C@@H](NC(=O)[C@H](C(C)C)N(C)C)C(C)C. The van der Waals surface area contributed by atoms with Gasteiger partial charge < -0.3 is 66.8 Å². The van der Waals surface area contributed by atoms with Crippen LogP contribution in [-0.2, 0) is 67.3 Å². The van der Waals surface area contributed by atoms with E-state index < -0.39 is 90.1 Å². The number of amides is 10. The second-order valence-electron chi connectivity index (χ2n) is 26.1. The summed E-state index contributed by atoms with van der Waals surface area (Å²) in [6, 6.07) is 11.9. The molecule has 1 fully saturated rings. The first-order chi connectivity index (χ1) is 45.1. The van der Waals surface area contributed by atoms with Crippen molar-refractivity contribution in [1.29, 1.82) is 0 Å². The van der Waals surface area contributed by atoms with Crippen LogP contribution in [0.15, 0.2) is 78.2 Å². The predicted molar refractivity (Wildman–Crippen MR) is 368 cm³/mol. The molecule has 1 aliphatic heterocycles. The van der Waals surface area contributed by atoms with Crippen LogP contribution >= 0.6 is 11.8 Å². The fourth-order valence-electron chi connectivity index (χ4n) is 12.6. The maximum atomic E-state index is 14.6. The first-order valence-corrected chi connectivity index (χ1v) is 34.5. The molecule has 95 heavy (non-hydrogen) atoms. The van der Waals surface area contributed by atoms with Crippen LogP contribution in [0.5, 0.6) is 0 Å². The van der Waals surface area contributed by atoms with E-state index in [1.165, 1.54) is 32.3 Å². The van der Waals surface area contributed by atoms with E-state index in [4.69, 9.17) is 15.2 Å². The molecule has 1 saturated heterocycles. The Bertz CT molecular complexity index is 3160. The molecular weight excluding hydrogens is 1230 g/mol. The standard InChI is InChI=1S/C69H106N14O11S/c1-16-44(8)59(81(12)68(91)57(42(4)5)79-66(90)58(43(6)7)80(10)11)53(93-13)38-55(85)83-35-21-26-52(83)60(94-14)45(9)62(86)77-51(37-46-23-18-17-19-24-46)63(87)72-39-47-28-30-48(31-29-47)75-64(88)50(25-20-33-71-69(70)92)76-65(89)56(41(2)3)78-54(84)27-22-34-82-36-32-49-61(82)73-40-74-67(49)95-15/h17-19,23-24,28-32,36,40-45,50-53,56-60H,16,20-22,25-27,33-35,37-39H2,1-15H3,(H,72,87)(H,75,88)(H,76,89)(H,77,86)(H,78,84)(H,79,90)(H3,70,71,92)/t44-,45+,50-,51-,52-,53+,56-,57-,58-,59-,60+/m0/s1. The van der Waals surface area contributed by atoms with Crippen molar-refractivity contribution >= 4 is 81.8 Å². The number of likely N-dealkylation sites (N-methyl/N-ethyl adjacent to an activating group) is 2. The molecule has 0 saturated carbocycles. The number of anilines is 1. The van der Waals surface area contributed by atoms with Gasteiger partial charge in [-0.3, -0.25) is 43.3 Å². The highest BCUT2D eigenvalue weighted by Crippen LogP contribution is 2.31. The molecule has 2 aromatic carbocycles. The molecular formula is C69H106N14O11S. The molecule has 0 unspecified atom stereocenters. The summed E-state index contributed by atoms with van der Waals surface area (Å²) in [5.41, 5.74) is 7.93. The van der Waals surface area contributed by atoms with Gasteiger partial charge in [0.25, 0.3) is 0 Å². The van der Waals surface area contributed by atoms with Crippen molar-refractivity contribution in [3.8, 4) is 0 Å². The topological polar surface area (TPSA) is 323 Å². The second-order valence-corrected chi connectivity index (χ2v) is 26.9. The number of methoxy groups -OCH3 is 2. The number of fused-ring (bicyclic) bond motifs is 1. The molecule has 5 rings (SSSR count). The maximum Gasteiger partial charge on any atom is 0.312 e. The fourth-order valence-corrected chi connectivity index (χ4v) is 13.1. The predicted octanol–water partition coefficient (Wildman–Crippen LogP) is 5.64. The highest BCUT2D eigenvalue weighted by molar-refractivity contribution is 7.98. The van der Waals surface area contributed by atoms with Crippen LogP contribution in [0.25, 0.3) is 11.0 Å². The third kappa shape index (κ3) is 22.5. The van der Waals surface area contributed by atoms with Crippen molar-refractivity contribution in [3.05, 3.63) is 84.3 Å². The van der Waals surface area contributed by atoms with E-state index in [1.807, 2.05) is 114 Å². The van der Waals surface area contributed by atoms with Crippen LogP contribution in [0.2, 0.25) is 0 Å². The molecule has 9 N–H and O–H groups in total. The summed E-state index contributed by atoms with van der Waals surface area (Å²) in [6.07, 6.45) is 6.91. The molecule has 0 bridgehead atoms. The van der Waals surface area contributed by atoms with Gasteiger partial charge in [0.15, 0.2) is 0 Å². The van der Waals surface area contributed by atoms with Gasteiger partial charge in [-0.05, 0) is 105 Å². The van der Waals surface area contributed by atoms with E-state index >= 15 is 0 Å². The second kappa shape index (κ2) is 38.2. The summed E-state index contributed by atoms with van der Waals surface area (Å²) < 4.78 is 14.2. The zero-order valence-corrected chi connectivity index (χ0v) is 59.2. The number of carbonyl (C=O) groups is 9. The molecule has 4 aromatic rings. The number of likely N-dealkylation sites (tertiary alicyclic amines) is 1.